The van der Waals surface area contributed by atoms with Crippen LogP contribution in [0.2, 0.25) is 0 Å². The number of hydrogen-bond acceptors (Lipinski definition) is 5. The molecule has 1 N–H and O–H groups in total. The zero-order valence-corrected chi connectivity index (χ0v) is 22.7. The van der Waals surface area contributed by atoms with Crippen LogP contribution >= 0.6 is 0 Å². The van der Waals surface area contributed by atoms with Gasteiger partial charge in [-0.1, -0.05) is 45.9 Å². The van der Waals surface area contributed by atoms with Gasteiger partial charge < -0.3 is 14.5 Å². The Labute approximate surface area is 219 Å². The molecule has 0 spiro atoms. The Morgan fingerprint density at radius 1 is 1.00 bits per heavy atom. The number of methoxy groups -OCH3 is 1. The highest BCUT2D eigenvalue weighted by atomic mass is 16.5. The number of aromatic amines is 1. The highest BCUT2D eigenvalue weighted by Gasteiger charge is 2.18. The fraction of sp³-hybridized carbons (Fsp3) is 0.355. The van der Waals surface area contributed by atoms with E-state index < -0.39 is 0 Å². The van der Waals surface area contributed by atoms with E-state index in [4.69, 9.17) is 9.47 Å². The van der Waals surface area contributed by atoms with Crippen molar-refractivity contribution < 1.29 is 14.3 Å². The Kier molecular flexibility index (Phi) is 8.29. The van der Waals surface area contributed by atoms with Gasteiger partial charge in [-0.3, -0.25) is 4.90 Å². The summed E-state index contributed by atoms with van der Waals surface area (Å²) in [4.78, 5) is 23.0. The number of carbonyl (C=O) groups is 1. The van der Waals surface area contributed by atoms with Gasteiger partial charge in [-0.05, 0) is 78.5 Å². The van der Waals surface area contributed by atoms with Crippen molar-refractivity contribution in [3.05, 3.63) is 71.4 Å². The first-order chi connectivity index (χ1) is 17.9. The summed E-state index contributed by atoms with van der Waals surface area (Å²) in [5.74, 6) is 0.715. The molecule has 0 aliphatic heterocycles. The summed E-state index contributed by atoms with van der Waals surface area (Å²) >= 11 is 0. The lowest BCUT2D eigenvalue weighted by Gasteiger charge is -2.19. The van der Waals surface area contributed by atoms with E-state index in [2.05, 4.69) is 66.8 Å². The predicted octanol–water partition coefficient (Wildman–Crippen LogP) is 7.05. The zero-order valence-electron chi connectivity index (χ0n) is 22.7. The molecule has 0 aliphatic rings. The van der Waals surface area contributed by atoms with Gasteiger partial charge in [0.05, 0.1) is 25.0 Å². The van der Waals surface area contributed by atoms with E-state index in [1.54, 1.807) is 7.11 Å². The molecule has 2 heterocycles. The third kappa shape index (κ3) is 5.54. The SMILES string of the molecule is CCOC(=O)c1ccc(-c2ccnc3[nH]c(-c4cc(CN(CC)CC)ccc4OC)cc23)cc1C(C)C. The van der Waals surface area contributed by atoms with Crippen molar-refractivity contribution in [2.45, 2.75) is 47.1 Å². The van der Waals surface area contributed by atoms with Gasteiger partial charge in [-0.15, -0.1) is 0 Å². The van der Waals surface area contributed by atoms with Crippen LogP contribution in [0.25, 0.3) is 33.4 Å². The minimum Gasteiger partial charge on any atom is -0.496 e. The first-order valence-corrected chi connectivity index (χ1v) is 13.1. The number of hydrogen-bond donors (Lipinski definition) is 1. The lowest BCUT2D eigenvalue weighted by Crippen LogP contribution is -2.22. The van der Waals surface area contributed by atoms with E-state index in [0.29, 0.717) is 12.2 Å². The number of benzene rings is 2. The van der Waals surface area contributed by atoms with Crippen molar-refractivity contribution >= 4 is 17.0 Å². The summed E-state index contributed by atoms with van der Waals surface area (Å²) in [7, 11) is 1.70. The van der Waals surface area contributed by atoms with E-state index in [9.17, 15) is 4.79 Å². The van der Waals surface area contributed by atoms with Crippen molar-refractivity contribution in [2.75, 3.05) is 26.8 Å². The summed E-state index contributed by atoms with van der Waals surface area (Å²) in [5, 5.41) is 1.02. The molecule has 0 radical (unpaired) electrons. The van der Waals surface area contributed by atoms with Crippen molar-refractivity contribution in [1.82, 2.24) is 14.9 Å². The Balaban J connectivity index is 1.80. The smallest absolute Gasteiger partial charge is 0.338 e. The molecule has 0 amide bonds. The minimum absolute atomic E-state index is 0.177. The third-order valence-electron chi connectivity index (χ3n) is 6.87. The molecular weight excluding hydrogens is 462 g/mol. The van der Waals surface area contributed by atoms with Gasteiger partial charge in [-0.25, -0.2) is 9.78 Å². The van der Waals surface area contributed by atoms with Crippen LogP contribution in [0.1, 0.15) is 62.0 Å². The van der Waals surface area contributed by atoms with Crippen molar-refractivity contribution in [1.29, 1.82) is 0 Å². The maximum absolute atomic E-state index is 12.5. The highest BCUT2D eigenvalue weighted by molar-refractivity contribution is 5.98. The molecule has 0 fully saturated rings. The largest absolute Gasteiger partial charge is 0.496 e. The Bertz CT molecular complexity index is 1390. The molecule has 4 rings (SSSR count). The number of esters is 1. The molecule has 4 aromatic rings. The van der Waals surface area contributed by atoms with Crippen LogP contribution in [0.5, 0.6) is 5.75 Å². The van der Waals surface area contributed by atoms with Gasteiger partial charge in [0.25, 0.3) is 0 Å². The van der Waals surface area contributed by atoms with Crippen LogP contribution in [-0.2, 0) is 11.3 Å². The van der Waals surface area contributed by atoms with Crippen LogP contribution in [0.4, 0.5) is 0 Å². The van der Waals surface area contributed by atoms with Crippen molar-refractivity contribution in [3.63, 3.8) is 0 Å². The molecule has 6 nitrogen and oxygen atoms in total. The van der Waals surface area contributed by atoms with E-state index in [1.807, 2.05) is 37.4 Å². The number of fused-ring (bicyclic) bond motifs is 1. The third-order valence-corrected chi connectivity index (χ3v) is 6.87. The summed E-state index contributed by atoms with van der Waals surface area (Å²) in [6.07, 6.45) is 1.82. The molecule has 37 heavy (non-hydrogen) atoms. The highest BCUT2D eigenvalue weighted by Crippen LogP contribution is 2.37. The van der Waals surface area contributed by atoms with E-state index in [-0.39, 0.29) is 11.9 Å². The summed E-state index contributed by atoms with van der Waals surface area (Å²) in [5.41, 5.74) is 7.71. The molecule has 0 bridgehead atoms. The van der Waals surface area contributed by atoms with Gasteiger partial charge in [0, 0.05) is 23.7 Å². The monoisotopic (exact) mass is 499 g/mol. The van der Waals surface area contributed by atoms with E-state index in [0.717, 1.165) is 64.4 Å². The number of nitrogens with one attached hydrogen (secondary N) is 1. The number of carbonyl (C=O) groups excluding carboxylic acids is 1. The van der Waals surface area contributed by atoms with Crippen LogP contribution in [-0.4, -0.2) is 47.6 Å². The quantitative estimate of drug-likeness (QED) is 0.237. The second-order valence-corrected chi connectivity index (χ2v) is 9.48. The molecule has 0 aliphatic carbocycles. The second-order valence-electron chi connectivity index (χ2n) is 9.48. The molecule has 0 saturated carbocycles. The van der Waals surface area contributed by atoms with Gasteiger partial charge in [0.2, 0.25) is 0 Å². The average molecular weight is 500 g/mol. The number of ether oxygens (including phenoxy) is 2. The molecule has 2 aromatic heterocycles. The topological polar surface area (TPSA) is 67.5 Å². The van der Waals surface area contributed by atoms with Crippen molar-refractivity contribution in [2.24, 2.45) is 0 Å². The first-order valence-electron chi connectivity index (χ1n) is 13.1. The molecule has 0 saturated heterocycles. The van der Waals surface area contributed by atoms with Crippen LogP contribution in [0, 0.1) is 0 Å². The summed E-state index contributed by atoms with van der Waals surface area (Å²) < 4.78 is 11.0. The predicted molar refractivity (Wildman–Crippen MR) is 150 cm³/mol. The number of H-pyrrole nitrogens is 1. The normalized spacial score (nSPS) is 11.5. The summed E-state index contributed by atoms with van der Waals surface area (Å²) in [6.45, 7) is 13.6. The zero-order chi connectivity index (χ0) is 26.5. The van der Waals surface area contributed by atoms with E-state index in [1.165, 1.54) is 5.56 Å². The number of aromatic nitrogens is 2. The lowest BCUT2D eigenvalue weighted by atomic mass is 9.92. The van der Waals surface area contributed by atoms with Crippen LogP contribution in [0.15, 0.2) is 54.7 Å². The molecule has 0 atom stereocenters. The number of pyridine rings is 1. The minimum atomic E-state index is -0.279. The standard InChI is InChI=1S/C31H37N3O3/c1-7-34(8-2)19-21-10-13-29(36-6)27(16-21)28-18-26-23(14-15-32-30(26)33-28)22-11-12-24(31(35)37-9-3)25(17-22)20(4)5/h10-18,20H,7-9,19H2,1-6H3,(H,32,33). The second kappa shape index (κ2) is 11.6. The number of rotatable bonds is 10. The Morgan fingerprint density at radius 2 is 1.78 bits per heavy atom. The molecular formula is C31H37N3O3. The lowest BCUT2D eigenvalue weighted by molar-refractivity contribution is 0.0524. The Hall–Kier alpha value is -3.64. The Morgan fingerprint density at radius 3 is 2.46 bits per heavy atom. The number of nitrogens with zero attached hydrogens (tertiary/aromatic N) is 2. The van der Waals surface area contributed by atoms with Crippen molar-refractivity contribution in [3.8, 4) is 28.1 Å². The average Bonchev–Trinajstić information content (AvgIpc) is 3.36. The molecule has 6 heteroatoms. The van der Waals surface area contributed by atoms with Gasteiger partial charge in [0.1, 0.15) is 11.4 Å². The van der Waals surface area contributed by atoms with Crippen LogP contribution in [0.3, 0.4) is 0 Å². The van der Waals surface area contributed by atoms with Crippen LogP contribution < -0.4 is 4.74 Å². The maximum Gasteiger partial charge on any atom is 0.338 e. The van der Waals surface area contributed by atoms with Gasteiger partial charge in [0.15, 0.2) is 0 Å². The fourth-order valence-electron chi connectivity index (χ4n) is 4.80. The maximum atomic E-state index is 12.5. The summed E-state index contributed by atoms with van der Waals surface area (Å²) in [6, 6.07) is 16.5. The van der Waals surface area contributed by atoms with E-state index >= 15 is 0 Å². The molecule has 0 unspecified atom stereocenters. The first kappa shape index (κ1) is 26.4. The molecule has 2 aromatic carbocycles. The fourth-order valence-corrected chi connectivity index (χ4v) is 4.80. The van der Waals surface area contributed by atoms with Gasteiger partial charge in [-0.2, -0.15) is 0 Å². The van der Waals surface area contributed by atoms with Gasteiger partial charge >= 0.3 is 5.97 Å². The molecule has 194 valence electrons.